The van der Waals surface area contributed by atoms with Gasteiger partial charge in [-0.1, -0.05) is 29.8 Å². The number of aromatic nitrogens is 2. The van der Waals surface area contributed by atoms with Crippen LogP contribution >= 0.6 is 0 Å². The minimum absolute atomic E-state index is 0.257. The maximum Gasteiger partial charge on any atom is 0.328 e. The number of hydrogen-bond donors (Lipinski definition) is 2. The van der Waals surface area contributed by atoms with Gasteiger partial charge in [-0.15, -0.1) is 0 Å². The third kappa shape index (κ3) is 2.95. The fourth-order valence-electron chi connectivity index (χ4n) is 1.76. The van der Waals surface area contributed by atoms with Gasteiger partial charge in [-0.3, -0.25) is 4.79 Å². The van der Waals surface area contributed by atoms with Crippen LogP contribution in [0.4, 0.5) is 0 Å². The van der Waals surface area contributed by atoms with Gasteiger partial charge in [0.1, 0.15) is 0 Å². The van der Waals surface area contributed by atoms with Crippen molar-refractivity contribution in [2.75, 3.05) is 7.05 Å². The average molecular weight is 257 g/mol. The summed E-state index contributed by atoms with van der Waals surface area (Å²) in [6.07, 6.45) is 1.57. The smallest absolute Gasteiger partial charge is 0.328 e. The van der Waals surface area contributed by atoms with Gasteiger partial charge < -0.3 is 10.4 Å². The van der Waals surface area contributed by atoms with Gasteiger partial charge in [0, 0.05) is 11.8 Å². The van der Waals surface area contributed by atoms with Gasteiger partial charge in [0.15, 0.2) is 11.9 Å². The van der Waals surface area contributed by atoms with Gasteiger partial charge in [-0.05, 0) is 20.0 Å². The second-order valence-corrected chi connectivity index (χ2v) is 4.23. The van der Waals surface area contributed by atoms with E-state index >= 15 is 0 Å². The third-order valence-electron chi connectivity index (χ3n) is 2.82. The van der Waals surface area contributed by atoms with Crippen LogP contribution in [0, 0.1) is 6.92 Å². The summed E-state index contributed by atoms with van der Waals surface area (Å²) in [6.45, 7) is 2.01. The van der Waals surface area contributed by atoms with E-state index in [1.54, 1.807) is 19.3 Å². The number of carboxylic acids is 1. The average Bonchev–Trinajstić information content (AvgIpc) is 2.40. The lowest BCUT2D eigenvalue weighted by atomic mass is 10.1. The number of nitrogens with one attached hydrogen (secondary N) is 1. The van der Waals surface area contributed by atoms with E-state index in [4.69, 9.17) is 5.11 Å². The van der Waals surface area contributed by atoms with Crippen molar-refractivity contribution in [1.29, 1.82) is 0 Å². The Bertz CT molecular complexity index is 581. The van der Waals surface area contributed by atoms with E-state index in [1.165, 1.54) is 0 Å². The van der Waals surface area contributed by atoms with Gasteiger partial charge in [-0.2, -0.15) is 0 Å². The molecule has 0 aliphatic heterocycles. The van der Waals surface area contributed by atoms with E-state index in [2.05, 4.69) is 15.3 Å². The first kappa shape index (κ1) is 13.2. The number of aryl methyl sites for hydroxylation is 1. The van der Waals surface area contributed by atoms with Crippen molar-refractivity contribution in [1.82, 2.24) is 15.3 Å². The molecule has 1 atom stereocenters. The van der Waals surface area contributed by atoms with Crippen molar-refractivity contribution in [3.05, 3.63) is 47.9 Å². The zero-order chi connectivity index (χ0) is 13.8. The van der Waals surface area contributed by atoms with Crippen LogP contribution in [0.25, 0.3) is 11.3 Å². The summed E-state index contributed by atoms with van der Waals surface area (Å²) in [5.74, 6) is -0.739. The molecule has 1 heterocycles. The Kier molecular flexibility index (Phi) is 3.87. The SMILES string of the molecule is CNC(C(=O)O)c1nccc(-c2ccc(C)cc2)n1. The molecule has 1 unspecified atom stereocenters. The first-order valence-electron chi connectivity index (χ1n) is 5.92. The van der Waals surface area contributed by atoms with Crippen LogP contribution in [0.3, 0.4) is 0 Å². The molecule has 1 aromatic carbocycles. The van der Waals surface area contributed by atoms with Crippen LogP contribution in [0.2, 0.25) is 0 Å². The molecule has 1 aromatic heterocycles. The molecule has 2 N–H and O–H groups in total. The molecule has 0 amide bonds. The van der Waals surface area contributed by atoms with Gasteiger partial charge in [0.25, 0.3) is 0 Å². The number of carboxylic acid groups (broad SMARTS) is 1. The van der Waals surface area contributed by atoms with E-state index in [-0.39, 0.29) is 5.82 Å². The highest BCUT2D eigenvalue weighted by atomic mass is 16.4. The summed E-state index contributed by atoms with van der Waals surface area (Å²) < 4.78 is 0. The standard InChI is InChI=1S/C14H15N3O2/c1-9-3-5-10(6-4-9)11-7-8-16-13(17-11)12(15-2)14(18)19/h3-8,12,15H,1-2H3,(H,18,19). The lowest BCUT2D eigenvalue weighted by Gasteiger charge is -2.10. The molecule has 0 radical (unpaired) electrons. The Morgan fingerprint density at radius 2 is 1.95 bits per heavy atom. The van der Waals surface area contributed by atoms with Crippen LogP contribution < -0.4 is 5.32 Å². The summed E-state index contributed by atoms with van der Waals surface area (Å²) in [5.41, 5.74) is 2.82. The molecule has 0 saturated carbocycles. The topological polar surface area (TPSA) is 75.1 Å². The summed E-state index contributed by atoms with van der Waals surface area (Å²) in [4.78, 5) is 19.4. The number of rotatable bonds is 4. The number of nitrogens with zero attached hydrogens (tertiary/aromatic N) is 2. The Balaban J connectivity index is 2.38. The molecule has 0 bridgehead atoms. The van der Waals surface area contributed by atoms with E-state index < -0.39 is 12.0 Å². The number of aliphatic carboxylic acids is 1. The summed E-state index contributed by atoms with van der Waals surface area (Å²) in [5, 5.41) is 11.8. The maximum absolute atomic E-state index is 11.1. The monoisotopic (exact) mass is 257 g/mol. The van der Waals surface area contributed by atoms with Crippen LogP contribution in [0.15, 0.2) is 36.5 Å². The minimum Gasteiger partial charge on any atom is -0.480 e. The largest absolute Gasteiger partial charge is 0.480 e. The van der Waals surface area contributed by atoms with Gasteiger partial charge in [0.2, 0.25) is 0 Å². The second-order valence-electron chi connectivity index (χ2n) is 4.23. The molecular weight excluding hydrogens is 242 g/mol. The normalized spacial score (nSPS) is 12.1. The highest BCUT2D eigenvalue weighted by Gasteiger charge is 2.20. The Morgan fingerprint density at radius 3 is 2.53 bits per heavy atom. The van der Waals surface area contributed by atoms with Crippen molar-refractivity contribution in [2.45, 2.75) is 13.0 Å². The molecule has 0 aliphatic carbocycles. The highest BCUT2D eigenvalue weighted by Crippen LogP contribution is 2.18. The van der Waals surface area contributed by atoms with Gasteiger partial charge in [0.05, 0.1) is 5.69 Å². The van der Waals surface area contributed by atoms with Gasteiger partial charge in [-0.25, -0.2) is 9.97 Å². The molecule has 98 valence electrons. The number of hydrogen-bond acceptors (Lipinski definition) is 4. The highest BCUT2D eigenvalue weighted by molar-refractivity contribution is 5.74. The van der Waals surface area contributed by atoms with Crippen LogP contribution in [0.5, 0.6) is 0 Å². The van der Waals surface area contributed by atoms with E-state index in [0.717, 1.165) is 11.1 Å². The first-order valence-corrected chi connectivity index (χ1v) is 5.92. The zero-order valence-electron chi connectivity index (χ0n) is 10.8. The summed E-state index contributed by atoms with van der Waals surface area (Å²) >= 11 is 0. The van der Waals surface area contributed by atoms with Crippen LogP contribution in [0.1, 0.15) is 17.4 Å². The Morgan fingerprint density at radius 1 is 1.26 bits per heavy atom. The molecule has 2 aromatic rings. The van der Waals surface area contributed by atoms with Crippen LogP contribution in [-0.2, 0) is 4.79 Å². The third-order valence-corrected chi connectivity index (χ3v) is 2.82. The molecule has 0 fully saturated rings. The molecule has 2 rings (SSSR count). The minimum atomic E-state index is -0.997. The van der Waals surface area contributed by atoms with E-state index in [0.29, 0.717) is 5.69 Å². The quantitative estimate of drug-likeness (QED) is 0.873. The molecule has 5 nitrogen and oxygen atoms in total. The summed E-state index contributed by atoms with van der Waals surface area (Å²) in [7, 11) is 1.57. The van der Waals surface area contributed by atoms with Crippen molar-refractivity contribution >= 4 is 5.97 Å². The number of benzene rings is 1. The Hall–Kier alpha value is -2.27. The number of likely N-dealkylation sites (N-methyl/N-ethyl adjacent to an activating group) is 1. The predicted molar refractivity (Wildman–Crippen MR) is 71.6 cm³/mol. The van der Waals surface area contributed by atoms with Crippen molar-refractivity contribution in [3.63, 3.8) is 0 Å². The lowest BCUT2D eigenvalue weighted by molar-refractivity contribution is -0.139. The predicted octanol–water partition coefficient (Wildman–Crippen LogP) is 1.80. The number of carbonyl (C=O) groups is 1. The zero-order valence-corrected chi connectivity index (χ0v) is 10.8. The fraction of sp³-hybridized carbons (Fsp3) is 0.214. The molecular formula is C14H15N3O2. The molecule has 0 spiro atoms. The fourth-order valence-corrected chi connectivity index (χ4v) is 1.76. The van der Waals surface area contributed by atoms with Crippen LogP contribution in [-0.4, -0.2) is 28.1 Å². The molecule has 5 heteroatoms. The first-order chi connectivity index (χ1) is 9.11. The van der Waals surface area contributed by atoms with E-state index in [9.17, 15) is 4.79 Å². The van der Waals surface area contributed by atoms with Gasteiger partial charge >= 0.3 is 5.97 Å². The van der Waals surface area contributed by atoms with Crippen molar-refractivity contribution in [2.24, 2.45) is 0 Å². The molecule has 0 aliphatic rings. The lowest BCUT2D eigenvalue weighted by Crippen LogP contribution is -2.27. The van der Waals surface area contributed by atoms with Crippen molar-refractivity contribution < 1.29 is 9.90 Å². The molecule has 0 saturated heterocycles. The maximum atomic E-state index is 11.1. The van der Waals surface area contributed by atoms with E-state index in [1.807, 2.05) is 31.2 Å². The second kappa shape index (κ2) is 5.58. The summed E-state index contributed by atoms with van der Waals surface area (Å²) in [6, 6.07) is 8.76. The van der Waals surface area contributed by atoms with Crippen molar-refractivity contribution in [3.8, 4) is 11.3 Å². The molecule has 19 heavy (non-hydrogen) atoms. The Labute approximate surface area is 111 Å².